The number of ketones is 1. The van der Waals surface area contributed by atoms with Crippen molar-refractivity contribution < 1.29 is 4.79 Å². The molecule has 0 spiro atoms. The summed E-state index contributed by atoms with van der Waals surface area (Å²) < 4.78 is 0. The maximum Gasteiger partial charge on any atom is 0.189 e. The van der Waals surface area contributed by atoms with E-state index in [9.17, 15) is 4.79 Å². The van der Waals surface area contributed by atoms with Crippen molar-refractivity contribution in [1.29, 1.82) is 0 Å². The van der Waals surface area contributed by atoms with Gasteiger partial charge in [-0.3, -0.25) is 9.69 Å². The lowest BCUT2D eigenvalue weighted by molar-refractivity contribution is 0.103. The lowest BCUT2D eigenvalue weighted by Gasteiger charge is -2.25. The summed E-state index contributed by atoms with van der Waals surface area (Å²) in [6.45, 7) is 7.18. The SMILES string of the molecule is Cc1cc2c(cc1C)C(=O)/C(=C/C1=CCN(Cc3ccccc3)CC1)C2. The van der Waals surface area contributed by atoms with Crippen molar-refractivity contribution in [2.24, 2.45) is 0 Å². The predicted octanol–water partition coefficient (Wildman–Crippen LogP) is 4.80. The number of allylic oxidation sites excluding steroid dienone is 2. The van der Waals surface area contributed by atoms with Crippen molar-refractivity contribution in [3.8, 4) is 0 Å². The molecular weight excluding hydrogens is 318 g/mol. The van der Waals surface area contributed by atoms with Gasteiger partial charge in [0.05, 0.1) is 0 Å². The normalized spacial score (nSPS) is 18.9. The Morgan fingerprint density at radius 3 is 2.58 bits per heavy atom. The lowest BCUT2D eigenvalue weighted by atomic mass is 10.0. The average molecular weight is 343 g/mol. The van der Waals surface area contributed by atoms with Crippen LogP contribution in [-0.2, 0) is 13.0 Å². The zero-order valence-corrected chi connectivity index (χ0v) is 15.6. The highest BCUT2D eigenvalue weighted by atomic mass is 16.1. The molecule has 0 bridgehead atoms. The number of hydrogen-bond acceptors (Lipinski definition) is 2. The van der Waals surface area contributed by atoms with Gasteiger partial charge in [-0.25, -0.2) is 0 Å². The fourth-order valence-corrected chi connectivity index (χ4v) is 3.88. The number of aryl methyl sites for hydroxylation is 2. The molecule has 2 aromatic rings. The molecule has 132 valence electrons. The molecule has 0 saturated heterocycles. The topological polar surface area (TPSA) is 20.3 Å². The molecule has 0 atom stereocenters. The van der Waals surface area contributed by atoms with Gasteiger partial charge in [0.1, 0.15) is 0 Å². The van der Waals surface area contributed by atoms with Crippen LogP contribution in [-0.4, -0.2) is 23.8 Å². The van der Waals surface area contributed by atoms with Crippen LogP contribution in [0.3, 0.4) is 0 Å². The van der Waals surface area contributed by atoms with E-state index < -0.39 is 0 Å². The molecule has 1 heterocycles. The van der Waals surface area contributed by atoms with Crippen molar-refractivity contribution in [3.63, 3.8) is 0 Å². The smallest absolute Gasteiger partial charge is 0.189 e. The number of fused-ring (bicyclic) bond motifs is 1. The van der Waals surface area contributed by atoms with Crippen molar-refractivity contribution >= 4 is 5.78 Å². The number of benzene rings is 2. The number of Topliss-reactive ketones (excluding diaryl/α,β-unsaturated/α-hetero) is 1. The minimum Gasteiger partial charge on any atom is -0.295 e. The van der Waals surface area contributed by atoms with Crippen LogP contribution in [0, 0.1) is 13.8 Å². The summed E-state index contributed by atoms with van der Waals surface area (Å²) in [5.74, 6) is 0.218. The molecule has 0 amide bonds. The van der Waals surface area contributed by atoms with E-state index in [2.05, 4.69) is 73.4 Å². The third-order valence-corrected chi connectivity index (χ3v) is 5.57. The number of rotatable bonds is 3. The second kappa shape index (κ2) is 7.05. The van der Waals surface area contributed by atoms with Gasteiger partial charge < -0.3 is 0 Å². The molecule has 2 aliphatic rings. The van der Waals surface area contributed by atoms with Crippen molar-refractivity contribution in [2.45, 2.75) is 33.2 Å². The van der Waals surface area contributed by atoms with Gasteiger partial charge in [-0.15, -0.1) is 0 Å². The van der Waals surface area contributed by atoms with Crippen molar-refractivity contribution in [2.75, 3.05) is 13.1 Å². The predicted molar refractivity (Wildman–Crippen MR) is 106 cm³/mol. The maximum atomic E-state index is 12.7. The molecule has 4 rings (SSSR count). The Hall–Kier alpha value is -2.45. The maximum absolute atomic E-state index is 12.7. The van der Waals surface area contributed by atoms with Gasteiger partial charge in [-0.2, -0.15) is 0 Å². The van der Waals surface area contributed by atoms with Crippen LogP contribution in [0.25, 0.3) is 0 Å². The molecular formula is C24H25NO. The van der Waals surface area contributed by atoms with E-state index in [1.165, 1.54) is 27.8 Å². The van der Waals surface area contributed by atoms with Crippen LogP contribution in [0.15, 0.2) is 65.8 Å². The lowest BCUT2D eigenvalue weighted by Crippen LogP contribution is -2.28. The molecule has 2 heteroatoms. The third kappa shape index (κ3) is 3.42. The Morgan fingerprint density at radius 2 is 1.85 bits per heavy atom. The Kier molecular flexibility index (Phi) is 4.60. The summed E-state index contributed by atoms with van der Waals surface area (Å²) in [5.41, 5.74) is 8.17. The number of carbonyl (C=O) groups is 1. The summed E-state index contributed by atoms with van der Waals surface area (Å²) >= 11 is 0. The highest BCUT2D eigenvalue weighted by Crippen LogP contribution is 2.30. The summed E-state index contributed by atoms with van der Waals surface area (Å²) in [5, 5.41) is 0. The van der Waals surface area contributed by atoms with Crippen molar-refractivity contribution in [1.82, 2.24) is 4.90 Å². The first-order valence-corrected chi connectivity index (χ1v) is 9.41. The van der Waals surface area contributed by atoms with E-state index in [-0.39, 0.29) is 5.78 Å². The minimum atomic E-state index is 0.218. The van der Waals surface area contributed by atoms with Crippen LogP contribution in [0.4, 0.5) is 0 Å². The Morgan fingerprint density at radius 1 is 1.08 bits per heavy atom. The highest BCUT2D eigenvalue weighted by molar-refractivity contribution is 6.13. The van der Waals surface area contributed by atoms with Gasteiger partial charge in [0.15, 0.2) is 5.78 Å². The molecule has 26 heavy (non-hydrogen) atoms. The second-order valence-corrected chi connectivity index (χ2v) is 7.52. The monoisotopic (exact) mass is 343 g/mol. The van der Waals surface area contributed by atoms with Crippen molar-refractivity contribution in [3.05, 3.63) is 93.6 Å². The standard InChI is InChI=1S/C24H25NO/c1-17-12-21-15-22(24(26)23(21)13-18(17)2)14-19-8-10-25(11-9-19)16-20-6-4-3-5-7-20/h3-8,12-14H,9-11,15-16H2,1-2H3/b22-14+. The molecule has 1 aliphatic heterocycles. The third-order valence-electron chi connectivity index (χ3n) is 5.57. The molecule has 2 nitrogen and oxygen atoms in total. The summed E-state index contributed by atoms with van der Waals surface area (Å²) in [4.78, 5) is 15.2. The quantitative estimate of drug-likeness (QED) is 0.746. The largest absolute Gasteiger partial charge is 0.295 e. The molecule has 0 aromatic heterocycles. The van der Waals surface area contributed by atoms with E-state index in [0.29, 0.717) is 0 Å². The van der Waals surface area contributed by atoms with Crippen LogP contribution in [0.1, 0.15) is 39.0 Å². The molecule has 1 aliphatic carbocycles. The Labute approximate surface area is 155 Å². The van der Waals surface area contributed by atoms with Crippen LogP contribution in [0.2, 0.25) is 0 Å². The number of carbonyl (C=O) groups excluding carboxylic acids is 1. The zero-order valence-electron chi connectivity index (χ0n) is 15.6. The molecule has 2 aromatic carbocycles. The first kappa shape index (κ1) is 17.0. The molecule has 0 fully saturated rings. The Balaban J connectivity index is 1.46. The summed E-state index contributed by atoms with van der Waals surface area (Å²) in [6.07, 6.45) is 6.22. The van der Waals surface area contributed by atoms with E-state index >= 15 is 0 Å². The minimum absolute atomic E-state index is 0.218. The van der Waals surface area contributed by atoms with Gasteiger partial charge in [0.2, 0.25) is 0 Å². The van der Waals surface area contributed by atoms with Crippen LogP contribution in [0.5, 0.6) is 0 Å². The van der Waals surface area contributed by atoms with Gasteiger partial charge >= 0.3 is 0 Å². The van der Waals surface area contributed by atoms with E-state index in [1.54, 1.807) is 0 Å². The molecule has 0 radical (unpaired) electrons. The van der Waals surface area contributed by atoms with Crippen LogP contribution >= 0.6 is 0 Å². The molecule has 0 unspecified atom stereocenters. The van der Waals surface area contributed by atoms with Crippen LogP contribution < -0.4 is 0 Å². The van der Waals surface area contributed by atoms with Gasteiger partial charge in [0.25, 0.3) is 0 Å². The first-order valence-electron chi connectivity index (χ1n) is 9.41. The molecule has 0 N–H and O–H groups in total. The van der Waals surface area contributed by atoms with Gasteiger partial charge in [-0.05, 0) is 54.2 Å². The van der Waals surface area contributed by atoms with Gasteiger partial charge in [-0.1, -0.05) is 48.6 Å². The van der Waals surface area contributed by atoms with E-state index in [1.807, 2.05) is 0 Å². The number of hydrogen-bond donors (Lipinski definition) is 0. The Bertz CT molecular complexity index is 905. The fourth-order valence-electron chi connectivity index (χ4n) is 3.88. The average Bonchev–Trinajstić information content (AvgIpc) is 2.93. The number of nitrogens with zero attached hydrogens (tertiary/aromatic N) is 1. The highest BCUT2D eigenvalue weighted by Gasteiger charge is 2.25. The van der Waals surface area contributed by atoms with Gasteiger partial charge in [0, 0.05) is 37.2 Å². The molecule has 0 saturated carbocycles. The summed E-state index contributed by atoms with van der Waals surface area (Å²) in [7, 11) is 0. The first-order chi connectivity index (χ1) is 12.6. The zero-order chi connectivity index (χ0) is 18.1. The summed E-state index contributed by atoms with van der Waals surface area (Å²) in [6, 6.07) is 14.9. The van der Waals surface area contributed by atoms with E-state index in [0.717, 1.165) is 43.6 Å². The fraction of sp³-hybridized carbons (Fsp3) is 0.292. The van der Waals surface area contributed by atoms with E-state index in [4.69, 9.17) is 0 Å². The second-order valence-electron chi connectivity index (χ2n) is 7.52.